The van der Waals surface area contributed by atoms with E-state index in [1.54, 1.807) is 18.3 Å². The molecule has 1 aromatic heterocycles. The number of nitrogens with zero attached hydrogens (tertiary/aromatic N) is 1. The van der Waals surface area contributed by atoms with Crippen molar-refractivity contribution in [1.29, 1.82) is 0 Å². The Morgan fingerprint density at radius 3 is 2.90 bits per heavy atom. The summed E-state index contributed by atoms with van der Waals surface area (Å²) in [5, 5.41) is 10.6. The van der Waals surface area contributed by atoms with E-state index in [1.807, 2.05) is 32.1 Å². The minimum absolute atomic E-state index is 0.161. The number of ketones is 1. The molecule has 0 spiro atoms. The summed E-state index contributed by atoms with van der Waals surface area (Å²) in [5.74, 6) is 5.61. The Balaban J connectivity index is 2.19. The van der Waals surface area contributed by atoms with Crippen molar-refractivity contribution in [1.82, 2.24) is 4.98 Å². The molecule has 1 aliphatic carbocycles. The molecule has 1 atom stereocenters. The van der Waals surface area contributed by atoms with Gasteiger partial charge < -0.3 is 5.11 Å². The molecule has 106 valence electrons. The molecule has 0 saturated heterocycles. The third-order valence-corrected chi connectivity index (χ3v) is 3.06. The van der Waals surface area contributed by atoms with Gasteiger partial charge in [-0.2, -0.15) is 0 Å². The number of carbonyl (C=O) groups excluding carboxylic acids is 1. The van der Waals surface area contributed by atoms with Gasteiger partial charge in [-0.05, 0) is 44.1 Å². The lowest BCUT2D eigenvalue weighted by atomic mass is 9.92. The van der Waals surface area contributed by atoms with Crippen LogP contribution in [0.3, 0.4) is 0 Å². The number of carbonyl (C=O) groups is 1. The van der Waals surface area contributed by atoms with Gasteiger partial charge in [0.1, 0.15) is 11.3 Å². The summed E-state index contributed by atoms with van der Waals surface area (Å²) >= 11 is 0. The molecule has 0 saturated carbocycles. The van der Waals surface area contributed by atoms with Crippen LogP contribution in [0, 0.1) is 11.8 Å². The number of hydrogen-bond donors (Lipinski definition) is 1. The molecule has 1 heterocycles. The normalized spacial score (nSPS) is 22.0. The van der Waals surface area contributed by atoms with Gasteiger partial charge in [-0.15, -0.1) is 0 Å². The van der Waals surface area contributed by atoms with Gasteiger partial charge in [0.2, 0.25) is 0 Å². The van der Waals surface area contributed by atoms with Crippen LogP contribution in [0.5, 0.6) is 0 Å². The van der Waals surface area contributed by atoms with E-state index in [0.29, 0.717) is 11.3 Å². The maximum Gasteiger partial charge on any atom is 0.184 e. The van der Waals surface area contributed by atoms with Crippen molar-refractivity contribution in [2.24, 2.45) is 0 Å². The van der Waals surface area contributed by atoms with E-state index in [4.69, 9.17) is 0 Å². The fourth-order valence-corrected chi connectivity index (χ4v) is 1.94. The largest absolute Gasteiger partial charge is 0.380 e. The van der Waals surface area contributed by atoms with Crippen molar-refractivity contribution >= 4 is 5.78 Å². The van der Waals surface area contributed by atoms with E-state index in [-0.39, 0.29) is 12.2 Å². The van der Waals surface area contributed by atoms with Gasteiger partial charge in [0.25, 0.3) is 0 Å². The third kappa shape index (κ3) is 3.77. The second kappa shape index (κ2) is 6.34. The van der Waals surface area contributed by atoms with Crippen LogP contribution < -0.4 is 0 Å². The summed E-state index contributed by atoms with van der Waals surface area (Å²) in [5.41, 5.74) is 0.748. The molecule has 1 aromatic rings. The Morgan fingerprint density at radius 2 is 2.24 bits per heavy atom. The molecule has 21 heavy (non-hydrogen) atoms. The quantitative estimate of drug-likeness (QED) is 0.668. The number of aromatic nitrogens is 1. The van der Waals surface area contributed by atoms with E-state index < -0.39 is 5.60 Å². The van der Waals surface area contributed by atoms with Crippen LogP contribution in [0.1, 0.15) is 26.0 Å². The molecule has 1 aliphatic rings. The first-order valence-electron chi connectivity index (χ1n) is 6.73. The summed E-state index contributed by atoms with van der Waals surface area (Å²) in [4.78, 5) is 15.9. The maximum atomic E-state index is 11.8. The standard InChI is InChI=1S/C18H17NO2/c1-14(2)8-9-16-17(20)10-12-18(16,21)11-5-7-15-6-3-4-13-19-15/h3-4,6,8-10,12-13,21H,11H2,1-2H3/b16-9-. The smallest absolute Gasteiger partial charge is 0.184 e. The van der Waals surface area contributed by atoms with Crippen molar-refractivity contribution < 1.29 is 9.90 Å². The molecule has 0 aliphatic heterocycles. The van der Waals surface area contributed by atoms with Crippen LogP contribution in [-0.4, -0.2) is 21.5 Å². The second-order valence-corrected chi connectivity index (χ2v) is 5.14. The molecular formula is C18H17NO2. The third-order valence-electron chi connectivity index (χ3n) is 3.06. The average Bonchev–Trinajstić information content (AvgIpc) is 2.73. The van der Waals surface area contributed by atoms with Crippen LogP contribution in [0.25, 0.3) is 0 Å². The highest BCUT2D eigenvalue weighted by Gasteiger charge is 2.36. The number of allylic oxidation sites excluding steroid dienone is 4. The molecule has 0 radical (unpaired) electrons. The molecule has 0 amide bonds. The lowest BCUT2D eigenvalue weighted by Gasteiger charge is -2.19. The maximum absolute atomic E-state index is 11.8. The SMILES string of the molecule is CC(C)=C/C=C1/C(=O)C=CC1(O)CC#Cc1ccccn1. The van der Waals surface area contributed by atoms with Gasteiger partial charge in [0, 0.05) is 18.2 Å². The van der Waals surface area contributed by atoms with Crippen molar-refractivity contribution in [3.05, 3.63) is 65.5 Å². The average molecular weight is 279 g/mol. The van der Waals surface area contributed by atoms with E-state index >= 15 is 0 Å². The molecule has 1 N–H and O–H groups in total. The van der Waals surface area contributed by atoms with Gasteiger partial charge in [0.05, 0.1) is 0 Å². The zero-order valence-corrected chi connectivity index (χ0v) is 12.1. The molecule has 0 bridgehead atoms. The first kappa shape index (κ1) is 15.0. The van der Waals surface area contributed by atoms with Crippen molar-refractivity contribution in [2.75, 3.05) is 0 Å². The van der Waals surface area contributed by atoms with Crippen LogP contribution >= 0.6 is 0 Å². The minimum Gasteiger partial charge on any atom is -0.380 e. The highest BCUT2D eigenvalue weighted by atomic mass is 16.3. The van der Waals surface area contributed by atoms with E-state index in [0.717, 1.165) is 5.57 Å². The fraction of sp³-hybridized carbons (Fsp3) is 0.222. The molecule has 2 rings (SSSR count). The Bertz CT molecular complexity index is 683. The summed E-state index contributed by atoms with van der Waals surface area (Å²) in [6.45, 7) is 3.87. The van der Waals surface area contributed by atoms with Gasteiger partial charge in [-0.3, -0.25) is 4.79 Å². The van der Waals surface area contributed by atoms with Gasteiger partial charge in [-0.1, -0.05) is 29.7 Å². The Labute approximate surface area is 124 Å². The number of aliphatic hydroxyl groups is 1. The first-order valence-corrected chi connectivity index (χ1v) is 6.73. The summed E-state index contributed by atoms with van der Waals surface area (Å²) in [7, 11) is 0. The van der Waals surface area contributed by atoms with Gasteiger partial charge in [0.15, 0.2) is 5.78 Å². The number of rotatable bonds is 2. The molecule has 1 unspecified atom stereocenters. The van der Waals surface area contributed by atoms with Crippen LogP contribution in [0.2, 0.25) is 0 Å². The van der Waals surface area contributed by atoms with Crippen LogP contribution in [0.15, 0.2) is 59.8 Å². The monoisotopic (exact) mass is 279 g/mol. The molecule has 3 heteroatoms. The highest BCUT2D eigenvalue weighted by Crippen LogP contribution is 2.29. The number of pyridine rings is 1. The minimum atomic E-state index is -1.31. The molecule has 0 fully saturated rings. The van der Waals surface area contributed by atoms with E-state index in [9.17, 15) is 9.90 Å². The summed E-state index contributed by atoms with van der Waals surface area (Å²) in [6, 6.07) is 5.47. The Hall–Kier alpha value is -2.44. The van der Waals surface area contributed by atoms with E-state index in [1.165, 1.54) is 12.2 Å². The first-order chi connectivity index (χ1) is 10.0. The topological polar surface area (TPSA) is 50.2 Å². The molecule has 3 nitrogen and oxygen atoms in total. The summed E-state index contributed by atoms with van der Waals surface area (Å²) in [6.07, 6.45) is 8.21. The lowest BCUT2D eigenvalue weighted by molar-refractivity contribution is -0.112. The molecule has 0 aromatic carbocycles. The Kier molecular flexibility index (Phi) is 4.52. The van der Waals surface area contributed by atoms with Gasteiger partial charge >= 0.3 is 0 Å². The second-order valence-electron chi connectivity index (χ2n) is 5.14. The van der Waals surface area contributed by atoms with Gasteiger partial charge in [-0.25, -0.2) is 4.98 Å². The van der Waals surface area contributed by atoms with E-state index in [2.05, 4.69) is 16.8 Å². The highest BCUT2D eigenvalue weighted by molar-refractivity contribution is 6.09. The zero-order valence-electron chi connectivity index (χ0n) is 12.1. The zero-order chi connectivity index (χ0) is 15.3. The Morgan fingerprint density at radius 1 is 1.43 bits per heavy atom. The summed E-state index contributed by atoms with van der Waals surface area (Å²) < 4.78 is 0. The van der Waals surface area contributed by atoms with Crippen molar-refractivity contribution in [3.8, 4) is 11.8 Å². The van der Waals surface area contributed by atoms with Crippen molar-refractivity contribution in [3.63, 3.8) is 0 Å². The predicted octanol–water partition coefficient (Wildman–Crippen LogP) is 2.59. The molecular weight excluding hydrogens is 262 g/mol. The van der Waals surface area contributed by atoms with Crippen LogP contribution in [-0.2, 0) is 4.79 Å². The predicted molar refractivity (Wildman–Crippen MR) is 82.3 cm³/mol. The van der Waals surface area contributed by atoms with Crippen molar-refractivity contribution in [2.45, 2.75) is 25.9 Å². The fourth-order valence-electron chi connectivity index (χ4n) is 1.94. The lowest BCUT2D eigenvalue weighted by Crippen LogP contribution is -2.27. The van der Waals surface area contributed by atoms with Crippen LogP contribution in [0.4, 0.5) is 0 Å². The number of hydrogen-bond acceptors (Lipinski definition) is 3.